The molecule has 4 N–H and O–H groups in total. The number of nitrogen functional groups attached to an aromatic ring is 1. The molecule has 33 heavy (non-hydrogen) atoms. The summed E-state index contributed by atoms with van der Waals surface area (Å²) in [5, 5.41) is 22.0. The average molecular weight is 465 g/mol. The maximum atomic E-state index is 11.0. The van der Waals surface area contributed by atoms with Gasteiger partial charge in [0.15, 0.2) is 0 Å². The molecule has 11 nitrogen and oxygen atoms in total. The van der Waals surface area contributed by atoms with Gasteiger partial charge in [-0.05, 0) is 72.2 Å². The number of carboxylic acid groups (broad SMARTS) is 2. The van der Waals surface area contributed by atoms with E-state index in [0.717, 1.165) is 5.56 Å². The standard InChI is InChI=1S/C13H14N4O4.C9H18O3/c1-8-5-15-17(6-8)11-3-2-10(14)4-9(11)7-16(12(18)19)13(20)21;1-8(2,3)11-7(10)12-9(4,5)6/h2-6H,7,14H2,1H3,(H,18,19)(H,20,21);1-6H3. The van der Waals surface area contributed by atoms with Crippen LogP contribution in [0.3, 0.4) is 0 Å². The number of benzene rings is 1. The highest BCUT2D eigenvalue weighted by Gasteiger charge is 2.23. The Morgan fingerprint density at radius 1 is 1.03 bits per heavy atom. The number of carbonyl (C=O) groups excluding carboxylic acids is 1. The number of ether oxygens (including phenoxy) is 2. The summed E-state index contributed by atoms with van der Waals surface area (Å²) in [5.74, 6) is 0. The first kappa shape index (κ1) is 27.3. The highest BCUT2D eigenvalue weighted by atomic mass is 16.7. The monoisotopic (exact) mass is 464 g/mol. The SMILES string of the molecule is CC(C)(C)OC(=O)OC(C)(C)C.Cc1cnn(-c2ccc(N)cc2CN(C(=O)O)C(=O)O)c1. The van der Waals surface area contributed by atoms with E-state index in [2.05, 4.69) is 5.10 Å². The lowest BCUT2D eigenvalue weighted by molar-refractivity contribution is -0.0468. The summed E-state index contributed by atoms with van der Waals surface area (Å²) in [5.41, 5.74) is 7.08. The van der Waals surface area contributed by atoms with Crippen LogP contribution in [-0.2, 0) is 16.0 Å². The van der Waals surface area contributed by atoms with Gasteiger partial charge in [-0.2, -0.15) is 5.10 Å². The number of nitrogens with zero attached hydrogens (tertiary/aromatic N) is 3. The largest absolute Gasteiger partial charge is 0.509 e. The molecule has 0 aliphatic rings. The second kappa shape index (κ2) is 10.7. The molecule has 0 fully saturated rings. The molecule has 182 valence electrons. The van der Waals surface area contributed by atoms with Gasteiger partial charge in [-0.3, -0.25) is 0 Å². The van der Waals surface area contributed by atoms with Crippen LogP contribution >= 0.6 is 0 Å². The molecule has 1 aromatic carbocycles. The van der Waals surface area contributed by atoms with E-state index in [-0.39, 0.29) is 11.4 Å². The van der Waals surface area contributed by atoms with Crippen molar-refractivity contribution < 1.29 is 34.1 Å². The van der Waals surface area contributed by atoms with Crippen LogP contribution in [0.2, 0.25) is 0 Å². The third kappa shape index (κ3) is 9.93. The molecule has 2 amide bonds. The van der Waals surface area contributed by atoms with E-state index in [4.69, 9.17) is 25.4 Å². The van der Waals surface area contributed by atoms with E-state index >= 15 is 0 Å². The fourth-order valence-corrected chi connectivity index (χ4v) is 2.41. The van der Waals surface area contributed by atoms with Crippen LogP contribution in [0.1, 0.15) is 52.7 Å². The van der Waals surface area contributed by atoms with Gasteiger partial charge in [-0.25, -0.2) is 24.0 Å². The van der Waals surface area contributed by atoms with Gasteiger partial charge in [0.05, 0.1) is 18.4 Å². The molecule has 0 aliphatic heterocycles. The number of imide groups is 1. The van der Waals surface area contributed by atoms with E-state index in [0.29, 0.717) is 16.9 Å². The summed E-state index contributed by atoms with van der Waals surface area (Å²) in [4.78, 5) is 33.3. The predicted octanol–water partition coefficient (Wildman–Crippen LogP) is 4.66. The number of aryl methyl sites for hydroxylation is 1. The topological polar surface area (TPSA) is 157 Å². The molecule has 11 heteroatoms. The number of anilines is 1. The van der Waals surface area contributed by atoms with Crippen LogP contribution in [0.25, 0.3) is 5.69 Å². The zero-order valence-corrected chi connectivity index (χ0v) is 19.9. The molecule has 1 heterocycles. The van der Waals surface area contributed by atoms with Crippen LogP contribution in [-0.4, -0.2) is 54.4 Å². The number of nitrogens with two attached hydrogens (primary N) is 1. The normalized spacial score (nSPS) is 11.1. The molecular weight excluding hydrogens is 432 g/mol. The molecule has 2 aromatic rings. The second-order valence-corrected chi connectivity index (χ2v) is 9.18. The van der Waals surface area contributed by atoms with Crippen LogP contribution in [0.4, 0.5) is 20.1 Å². The van der Waals surface area contributed by atoms with Crippen molar-refractivity contribution in [2.75, 3.05) is 5.73 Å². The van der Waals surface area contributed by atoms with Gasteiger partial charge >= 0.3 is 18.3 Å². The predicted molar refractivity (Wildman–Crippen MR) is 121 cm³/mol. The Bertz CT molecular complexity index is 955. The van der Waals surface area contributed by atoms with Crippen LogP contribution in [0, 0.1) is 6.92 Å². The average Bonchev–Trinajstić information content (AvgIpc) is 3.02. The minimum atomic E-state index is -1.55. The Morgan fingerprint density at radius 2 is 1.55 bits per heavy atom. The Morgan fingerprint density at radius 3 is 1.94 bits per heavy atom. The fourth-order valence-electron chi connectivity index (χ4n) is 2.41. The highest BCUT2D eigenvalue weighted by molar-refractivity contribution is 5.85. The third-order valence-electron chi connectivity index (χ3n) is 3.63. The van der Waals surface area contributed by atoms with Crippen LogP contribution in [0.15, 0.2) is 30.6 Å². The molecule has 2 rings (SSSR count). The van der Waals surface area contributed by atoms with E-state index in [1.807, 2.05) is 6.92 Å². The zero-order valence-electron chi connectivity index (χ0n) is 19.9. The lowest BCUT2D eigenvalue weighted by Gasteiger charge is -2.24. The summed E-state index contributed by atoms with van der Waals surface area (Å²) >= 11 is 0. The van der Waals surface area contributed by atoms with Crippen LogP contribution in [0.5, 0.6) is 0 Å². The molecule has 0 radical (unpaired) electrons. The third-order valence-corrected chi connectivity index (χ3v) is 3.63. The van der Waals surface area contributed by atoms with Crippen molar-refractivity contribution in [1.82, 2.24) is 14.7 Å². The van der Waals surface area contributed by atoms with Crippen molar-refractivity contribution in [1.29, 1.82) is 0 Å². The number of aromatic nitrogens is 2. The molecule has 0 aliphatic carbocycles. The molecular formula is C22H32N4O7. The minimum absolute atomic E-state index is 0.286. The zero-order chi connectivity index (χ0) is 25.6. The quantitative estimate of drug-likeness (QED) is 0.434. The number of rotatable bonds is 3. The Labute approximate surface area is 192 Å². The van der Waals surface area contributed by atoms with E-state index in [1.165, 1.54) is 6.07 Å². The van der Waals surface area contributed by atoms with Crippen LogP contribution < -0.4 is 5.73 Å². The maximum absolute atomic E-state index is 11.0. The molecule has 0 saturated carbocycles. The van der Waals surface area contributed by atoms with Gasteiger partial charge in [0.25, 0.3) is 0 Å². The highest BCUT2D eigenvalue weighted by Crippen LogP contribution is 2.20. The number of amides is 2. The summed E-state index contributed by atoms with van der Waals surface area (Å²) in [6.07, 6.45) is -0.317. The number of hydrogen-bond donors (Lipinski definition) is 3. The van der Waals surface area contributed by atoms with Crippen molar-refractivity contribution >= 4 is 24.0 Å². The molecule has 0 bridgehead atoms. The lowest BCUT2D eigenvalue weighted by atomic mass is 10.1. The van der Waals surface area contributed by atoms with Gasteiger partial charge in [0.1, 0.15) is 11.2 Å². The Kier molecular flexibility index (Phi) is 8.85. The first-order valence-electron chi connectivity index (χ1n) is 10.0. The van der Waals surface area contributed by atoms with Gasteiger partial charge in [-0.15, -0.1) is 0 Å². The second-order valence-electron chi connectivity index (χ2n) is 9.18. The first-order valence-corrected chi connectivity index (χ1v) is 10.0. The maximum Gasteiger partial charge on any atom is 0.509 e. The van der Waals surface area contributed by atoms with Gasteiger partial charge in [0, 0.05) is 17.4 Å². The lowest BCUT2D eigenvalue weighted by Crippen LogP contribution is -2.34. The summed E-state index contributed by atoms with van der Waals surface area (Å²) in [6, 6.07) is 4.84. The van der Waals surface area contributed by atoms with E-state index in [1.54, 1.807) is 70.8 Å². The van der Waals surface area contributed by atoms with Gasteiger partial charge in [-0.1, -0.05) is 0 Å². The van der Waals surface area contributed by atoms with Crippen molar-refractivity contribution in [2.24, 2.45) is 0 Å². The molecule has 0 atom stereocenters. The van der Waals surface area contributed by atoms with Crippen molar-refractivity contribution in [3.05, 3.63) is 41.7 Å². The van der Waals surface area contributed by atoms with Gasteiger partial charge in [0.2, 0.25) is 0 Å². The Balaban J connectivity index is 0.000000389. The molecule has 0 spiro atoms. The summed E-state index contributed by atoms with van der Waals surface area (Å²) in [6.45, 7) is 12.3. The molecule has 0 unspecified atom stereocenters. The van der Waals surface area contributed by atoms with E-state index < -0.39 is 29.5 Å². The molecule has 1 aromatic heterocycles. The summed E-state index contributed by atoms with van der Waals surface area (Å²) < 4.78 is 11.5. The molecule has 0 saturated heterocycles. The Hall–Kier alpha value is -3.76. The van der Waals surface area contributed by atoms with Crippen molar-refractivity contribution in [2.45, 2.75) is 66.2 Å². The minimum Gasteiger partial charge on any atom is -0.465 e. The van der Waals surface area contributed by atoms with Crippen molar-refractivity contribution in [3.63, 3.8) is 0 Å². The van der Waals surface area contributed by atoms with Gasteiger partial charge < -0.3 is 25.4 Å². The number of hydrogen-bond acceptors (Lipinski definition) is 7. The summed E-state index contributed by atoms with van der Waals surface area (Å²) in [7, 11) is 0. The first-order chi connectivity index (χ1) is 15.0. The van der Waals surface area contributed by atoms with E-state index in [9.17, 15) is 14.4 Å². The fraction of sp³-hybridized carbons (Fsp3) is 0.455. The smallest absolute Gasteiger partial charge is 0.465 e. The number of carbonyl (C=O) groups is 3. The van der Waals surface area contributed by atoms with Crippen molar-refractivity contribution in [3.8, 4) is 5.69 Å².